The lowest BCUT2D eigenvalue weighted by molar-refractivity contribution is 0.553. The van der Waals surface area contributed by atoms with Gasteiger partial charge in [-0.3, -0.25) is 0 Å². The molecule has 102 valence electrons. The van der Waals surface area contributed by atoms with Crippen LogP contribution in [-0.4, -0.2) is 6.54 Å². The van der Waals surface area contributed by atoms with Gasteiger partial charge in [0.15, 0.2) is 0 Å². The summed E-state index contributed by atoms with van der Waals surface area (Å²) >= 11 is 17.1. The van der Waals surface area contributed by atoms with E-state index < -0.39 is 0 Å². The van der Waals surface area contributed by atoms with E-state index >= 15 is 0 Å². The van der Waals surface area contributed by atoms with Gasteiger partial charge in [0.2, 0.25) is 0 Å². The van der Waals surface area contributed by atoms with Gasteiger partial charge in [-0.2, -0.15) is 0 Å². The fourth-order valence-corrected chi connectivity index (χ4v) is 3.59. The van der Waals surface area contributed by atoms with Gasteiger partial charge in [0.05, 0.1) is 9.36 Å². The van der Waals surface area contributed by atoms with Crippen molar-refractivity contribution in [3.05, 3.63) is 54.6 Å². The number of likely N-dealkylation sites (N-methyl/N-ethyl adjacent to an activating group) is 1. The molecule has 2 aromatic rings. The maximum absolute atomic E-state index is 6.04. The second-order valence-electron chi connectivity index (χ2n) is 4.19. The van der Waals surface area contributed by atoms with Crippen molar-refractivity contribution in [2.24, 2.45) is 0 Å². The monoisotopic (exact) mass is 377 g/mol. The van der Waals surface area contributed by atoms with Crippen molar-refractivity contribution in [3.63, 3.8) is 0 Å². The van der Waals surface area contributed by atoms with Crippen LogP contribution in [0.4, 0.5) is 0 Å². The SMILES string of the molecule is CCNC(Cc1ccc(Cl)s1)c1ccc(Cl)c(Br)c1. The van der Waals surface area contributed by atoms with Crippen molar-refractivity contribution in [1.29, 1.82) is 0 Å². The summed E-state index contributed by atoms with van der Waals surface area (Å²) in [5.41, 5.74) is 1.22. The van der Waals surface area contributed by atoms with Crippen LogP contribution in [0.15, 0.2) is 34.8 Å². The molecule has 2 rings (SSSR count). The first-order valence-corrected chi connectivity index (χ1v) is 8.39. The Bertz CT molecular complexity index is 556. The van der Waals surface area contributed by atoms with E-state index in [1.54, 1.807) is 11.3 Å². The molecule has 0 spiro atoms. The number of nitrogens with one attached hydrogen (secondary N) is 1. The van der Waals surface area contributed by atoms with Crippen LogP contribution in [0.25, 0.3) is 0 Å². The van der Waals surface area contributed by atoms with Gasteiger partial charge in [-0.05, 0) is 52.3 Å². The van der Waals surface area contributed by atoms with Gasteiger partial charge >= 0.3 is 0 Å². The third-order valence-electron chi connectivity index (χ3n) is 2.83. The van der Waals surface area contributed by atoms with Crippen molar-refractivity contribution in [1.82, 2.24) is 5.32 Å². The first kappa shape index (κ1) is 15.3. The van der Waals surface area contributed by atoms with Crippen molar-refractivity contribution in [3.8, 4) is 0 Å². The molecular formula is C14H14BrCl2NS. The summed E-state index contributed by atoms with van der Waals surface area (Å²) < 4.78 is 1.77. The predicted molar refractivity (Wildman–Crippen MR) is 88.6 cm³/mol. The van der Waals surface area contributed by atoms with Crippen LogP contribution in [0.2, 0.25) is 9.36 Å². The zero-order valence-electron chi connectivity index (χ0n) is 10.4. The van der Waals surface area contributed by atoms with Gasteiger partial charge in [0, 0.05) is 21.8 Å². The molecule has 0 saturated carbocycles. The summed E-state index contributed by atoms with van der Waals surface area (Å²) in [5.74, 6) is 0. The molecule has 5 heteroatoms. The third-order valence-corrected chi connectivity index (χ3v) is 5.30. The highest BCUT2D eigenvalue weighted by Crippen LogP contribution is 2.30. The van der Waals surface area contributed by atoms with Gasteiger partial charge in [-0.1, -0.05) is 36.2 Å². The van der Waals surface area contributed by atoms with Crippen LogP contribution in [0, 0.1) is 0 Å². The van der Waals surface area contributed by atoms with Crippen LogP contribution in [0.1, 0.15) is 23.4 Å². The summed E-state index contributed by atoms with van der Waals surface area (Å²) in [6.07, 6.45) is 0.930. The van der Waals surface area contributed by atoms with Gasteiger partial charge < -0.3 is 5.32 Å². The zero-order valence-corrected chi connectivity index (χ0v) is 14.3. The van der Waals surface area contributed by atoms with Crippen LogP contribution in [-0.2, 0) is 6.42 Å². The molecule has 0 aliphatic heterocycles. The van der Waals surface area contributed by atoms with E-state index in [0.29, 0.717) is 0 Å². The van der Waals surface area contributed by atoms with Crippen LogP contribution < -0.4 is 5.32 Å². The second kappa shape index (κ2) is 7.09. The molecule has 1 aromatic heterocycles. The average Bonchev–Trinajstić information content (AvgIpc) is 2.78. The molecule has 1 N–H and O–H groups in total. The normalized spacial score (nSPS) is 12.6. The minimum Gasteiger partial charge on any atom is -0.310 e. The summed E-state index contributed by atoms with van der Waals surface area (Å²) in [5, 5.41) is 4.24. The number of halogens is 3. The van der Waals surface area contributed by atoms with Gasteiger partial charge in [-0.25, -0.2) is 0 Å². The van der Waals surface area contributed by atoms with Crippen molar-refractivity contribution >= 4 is 50.5 Å². The molecule has 0 radical (unpaired) electrons. The molecule has 0 aliphatic carbocycles. The number of benzene rings is 1. The highest BCUT2D eigenvalue weighted by molar-refractivity contribution is 9.10. The van der Waals surface area contributed by atoms with E-state index in [1.165, 1.54) is 10.4 Å². The number of rotatable bonds is 5. The molecule has 1 heterocycles. The van der Waals surface area contributed by atoms with Crippen LogP contribution in [0.3, 0.4) is 0 Å². The van der Waals surface area contributed by atoms with Gasteiger partial charge in [0.25, 0.3) is 0 Å². The Hall–Kier alpha value is -0.0600. The van der Waals surface area contributed by atoms with Gasteiger partial charge in [-0.15, -0.1) is 11.3 Å². The fraction of sp³-hybridized carbons (Fsp3) is 0.286. The van der Waals surface area contributed by atoms with E-state index in [0.717, 1.165) is 26.8 Å². The van der Waals surface area contributed by atoms with Crippen molar-refractivity contribution in [2.75, 3.05) is 6.54 Å². The zero-order chi connectivity index (χ0) is 13.8. The Morgan fingerprint density at radius 2 is 2.05 bits per heavy atom. The van der Waals surface area contributed by atoms with E-state index in [9.17, 15) is 0 Å². The van der Waals surface area contributed by atoms with Crippen LogP contribution >= 0.6 is 50.5 Å². The second-order valence-corrected chi connectivity index (χ2v) is 7.25. The molecule has 0 aliphatic rings. The topological polar surface area (TPSA) is 12.0 Å². The Kier molecular flexibility index (Phi) is 5.72. The molecule has 1 nitrogen and oxygen atoms in total. The molecule has 0 saturated heterocycles. The average molecular weight is 379 g/mol. The highest BCUT2D eigenvalue weighted by atomic mass is 79.9. The summed E-state index contributed by atoms with van der Waals surface area (Å²) in [4.78, 5) is 1.28. The summed E-state index contributed by atoms with van der Waals surface area (Å²) in [6.45, 7) is 3.03. The first-order valence-electron chi connectivity index (χ1n) is 6.02. The Morgan fingerprint density at radius 3 is 2.63 bits per heavy atom. The smallest absolute Gasteiger partial charge is 0.0931 e. The lowest BCUT2D eigenvalue weighted by Crippen LogP contribution is -2.22. The lowest BCUT2D eigenvalue weighted by atomic mass is 10.0. The summed E-state index contributed by atoms with van der Waals surface area (Å²) in [6, 6.07) is 10.4. The maximum atomic E-state index is 6.04. The Morgan fingerprint density at radius 1 is 1.26 bits per heavy atom. The molecule has 1 atom stereocenters. The predicted octanol–water partition coefficient (Wildman–Crippen LogP) is 5.71. The first-order chi connectivity index (χ1) is 9.10. The van der Waals surface area contributed by atoms with Crippen molar-refractivity contribution in [2.45, 2.75) is 19.4 Å². The molecule has 0 fully saturated rings. The van der Waals surface area contributed by atoms with E-state index in [2.05, 4.69) is 46.4 Å². The Balaban J connectivity index is 2.21. The molecule has 0 bridgehead atoms. The largest absolute Gasteiger partial charge is 0.310 e. The van der Waals surface area contributed by atoms with E-state index in [1.807, 2.05) is 12.1 Å². The Labute approximate surface area is 136 Å². The minimum atomic E-state index is 0.272. The van der Waals surface area contributed by atoms with Crippen molar-refractivity contribution < 1.29 is 0 Å². The lowest BCUT2D eigenvalue weighted by Gasteiger charge is -2.18. The van der Waals surface area contributed by atoms with Crippen LogP contribution in [0.5, 0.6) is 0 Å². The van der Waals surface area contributed by atoms with E-state index in [4.69, 9.17) is 23.2 Å². The fourth-order valence-electron chi connectivity index (χ4n) is 1.95. The molecular weight excluding hydrogens is 365 g/mol. The number of thiophene rings is 1. The highest BCUT2D eigenvalue weighted by Gasteiger charge is 2.13. The third kappa shape index (κ3) is 4.20. The molecule has 1 unspecified atom stereocenters. The molecule has 1 aromatic carbocycles. The maximum Gasteiger partial charge on any atom is 0.0931 e. The molecule has 19 heavy (non-hydrogen) atoms. The molecule has 0 amide bonds. The standard InChI is InChI=1S/C14H14BrCl2NS/c1-2-18-13(8-10-4-6-14(17)19-10)9-3-5-12(16)11(15)7-9/h3-7,13,18H,2,8H2,1H3. The minimum absolute atomic E-state index is 0.272. The number of hydrogen-bond acceptors (Lipinski definition) is 2. The quantitative estimate of drug-likeness (QED) is 0.702. The van der Waals surface area contributed by atoms with Gasteiger partial charge in [0.1, 0.15) is 0 Å². The summed E-state index contributed by atoms with van der Waals surface area (Å²) in [7, 11) is 0. The van der Waals surface area contributed by atoms with E-state index in [-0.39, 0.29) is 6.04 Å². The number of hydrogen-bond donors (Lipinski definition) is 1.